The van der Waals surface area contributed by atoms with Gasteiger partial charge in [0.1, 0.15) is 5.76 Å². The SMILES string of the molecule is Cc1occc1-c1nnc(SCC(=O)Nc2nccs2)n1C. The molecule has 0 aliphatic heterocycles. The highest BCUT2D eigenvalue weighted by Crippen LogP contribution is 2.25. The van der Waals surface area contributed by atoms with Crippen LogP contribution >= 0.6 is 23.1 Å². The van der Waals surface area contributed by atoms with E-state index in [1.54, 1.807) is 12.5 Å². The van der Waals surface area contributed by atoms with E-state index in [1.807, 2.05) is 30.0 Å². The standard InChI is InChI=1S/C13H13N5O2S2/c1-8-9(3-5-20-8)11-16-17-13(18(11)2)22-7-10(19)15-12-14-4-6-21-12/h3-6H,7H2,1-2H3,(H,14,15,19). The van der Waals surface area contributed by atoms with Gasteiger partial charge in [0.2, 0.25) is 5.91 Å². The number of hydrogen-bond donors (Lipinski definition) is 1. The number of aromatic nitrogens is 4. The van der Waals surface area contributed by atoms with Gasteiger partial charge in [-0.3, -0.25) is 4.79 Å². The molecule has 3 aromatic rings. The summed E-state index contributed by atoms with van der Waals surface area (Å²) in [5.41, 5.74) is 0.897. The van der Waals surface area contributed by atoms with Crippen molar-refractivity contribution in [3.63, 3.8) is 0 Å². The first-order valence-corrected chi connectivity index (χ1v) is 8.27. The molecule has 114 valence electrons. The molecule has 3 heterocycles. The summed E-state index contributed by atoms with van der Waals surface area (Å²) in [6.07, 6.45) is 3.27. The molecular formula is C13H13N5O2S2. The molecule has 0 fully saturated rings. The number of carbonyl (C=O) groups excluding carboxylic acids is 1. The number of carbonyl (C=O) groups is 1. The number of aryl methyl sites for hydroxylation is 1. The van der Waals surface area contributed by atoms with Gasteiger partial charge in [-0.05, 0) is 13.0 Å². The molecule has 0 unspecified atom stereocenters. The van der Waals surface area contributed by atoms with E-state index in [2.05, 4.69) is 20.5 Å². The van der Waals surface area contributed by atoms with Gasteiger partial charge in [-0.15, -0.1) is 21.5 Å². The quantitative estimate of drug-likeness (QED) is 0.721. The molecule has 0 bridgehead atoms. The Labute approximate surface area is 134 Å². The van der Waals surface area contributed by atoms with Crippen LogP contribution in [0.15, 0.2) is 33.5 Å². The summed E-state index contributed by atoms with van der Waals surface area (Å²) >= 11 is 2.71. The second kappa shape index (κ2) is 6.32. The molecule has 0 aliphatic rings. The molecule has 0 atom stereocenters. The largest absolute Gasteiger partial charge is 0.469 e. The Kier molecular flexibility index (Phi) is 4.25. The summed E-state index contributed by atoms with van der Waals surface area (Å²) in [4.78, 5) is 15.9. The van der Waals surface area contributed by atoms with Crippen molar-refractivity contribution in [2.45, 2.75) is 12.1 Å². The van der Waals surface area contributed by atoms with Crippen molar-refractivity contribution in [3.8, 4) is 11.4 Å². The second-order valence-electron chi connectivity index (χ2n) is 4.43. The van der Waals surface area contributed by atoms with Crippen LogP contribution in [0.2, 0.25) is 0 Å². The van der Waals surface area contributed by atoms with E-state index in [-0.39, 0.29) is 11.7 Å². The van der Waals surface area contributed by atoms with Gasteiger partial charge in [-0.25, -0.2) is 4.98 Å². The molecule has 0 aliphatic carbocycles. The minimum absolute atomic E-state index is 0.121. The lowest BCUT2D eigenvalue weighted by Gasteiger charge is -2.03. The Morgan fingerprint density at radius 3 is 3.05 bits per heavy atom. The third-order valence-electron chi connectivity index (χ3n) is 2.95. The van der Waals surface area contributed by atoms with E-state index in [0.29, 0.717) is 16.1 Å². The minimum atomic E-state index is -0.121. The van der Waals surface area contributed by atoms with Crippen LogP contribution in [0.3, 0.4) is 0 Å². The molecular weight excluding hydrogens is 322 g/mol. The van der Waals surface area contributed by atoms with Gasteiger partial charge in [0.25, 0.3) is 0 Å². The fourth-order valence-corrected chi connectivity index (χ4v) is 3.12. The number of nitrogens with one attached hydrogen (secondary N) is 1. The maximum atomic E-state index is 11.8. The van der Waals surface area contributed by atoms with E-state index in [1.165, 1.54) is 23.1 Å². The van der Waals surface area contributed by atoms with E-state index in [4.69, 9.17) is 4.42 Å². The number of nitrogens with zero attached hydrogens (tertiary/aromatic N) is 4. The van der Waals surface area contributed by atoms with Crippen molar-refractivity contribution in [3.05, 3.63) is 29.7 Å². The highest BCUT2D eigenvalue weighted by molar-refractivity contribution is 7.99. The maximum Gasteiger partial charge on any atom is 0.236 e. The Balaban J connectivity index is 1.65. The number of hydrogen-bond acceptors (Lipinski definition) is 7. The first-order valence-electron chi connectivity index (χ1n) is 6.41. The van der Waals surface area contributed by atoms with Gasteiger partial charge < -0.3 is 14.3 Å². The molecule has 0 spiro atoms. The van der Waals surface area contributed by atoms with Gasteiger partial charge >= 0.3 is 0 Å². The van der Waals surface area contributed by atoms with Crippen LogP contribution in [0.4, 0.5) is 5.13 Å². The van der Waals surface area contributed by atoms with Gasteiger partial charge in [0.05, 0.1) is 17.6 Å². The van der Waals surface area contributed by atoms with Crippen molar-refractivity contribution < 1.29 is 9.21 Å². The summed E-state index contributed by atoms with van der Waals surface area (Å²) in [7, 11) is 1.86. The lowest BCUT2D eigenvalue weighted by atomic mass is 10.2. The number of anilines is 1. The fraction of sp³-hybridized carbons (Fsp3) is 0.231. The molecule has 3 aromatic heterocycles. The first kappa shape index (κ1) is 14.8. The number of thiazole rings is 1. The van der Waals surface area contributed by atoms with Gasteiger partial charge in [0, 0.05) is 18.6 Å². The first-order chi connectivity index (χ1) is 10.6. The average Bonchev–Trinajstić information content (AvgIpc) is 3.20. The molecule has 3 rings (SSSR count). The zero-order valence-corrected chi connectivity index (χ0v) is 13.6. The van der Waals surface area contributed by atoms with Gasteiger partial charge in [-0.2, -0.15) is 0 Å². The summed E-state index contributed by atoms with van der Waals surface area (Å²) in [6.45, 7) is 1.87. The highest BCUT2D eigenvalue weighted by Gasteiger charge is 2.15. The van der Waals surface area contributed by atoms with E-state index in [0.717, 1.165) is 11.3 Å². The highest BCUT2D eigenvalue weighted by atomic mass is 32.2. The van der Waals surface area contributed by atoms with Crippen molar-refractivity contribution >= 4 is 34.1 Å². The van der Waals surface area contributed by atoms with Crippen LogP contribution in [0.5, 0.6) is 0 Å². The monoisotopic (exact) mass is 335 g/mol. The summed E-state index contributed by atoms with van der Waals surface area (Å²) in [5, 5.41) is 14.1. The molecule has 0 saturated carbocycles. The molecule has 0 radical (unpaired) electrons. The van der Waals surface area contributed by atoms with Crippen LogP contribution < -0.4 is 5.32 Å². The van der Waals surface area contributed by atoms with Crippen molar-refractivity contribution in [1.82, 2.24) is 19.7 Å². The maximum absolute atomic E-state index is 11.8. The second-order valence-corrected chi connectivity index (χ2v) is 6.27. The fourth-order valence-electron chi connectivity index (χ4n) is 1.86. The summed E-state index contributed by atoms with van der Waals surface area (Å²) in [5.74, 6) is 1.63. The van der Waals surface area contributed by atoms with Crippen LogP contribution in [-0.2, 0) is 11.8 Å². The van der Waals surface area contributed by atoms with Crippen LogP contribution in [-0.4, -0.2) is 31.4 Å². The van der Waals surface area contributed by atoms with Crippen molar-refractivity contribution in [1.29, 1.82) is 0 Å². The third kappa shape index (κ3) is 3.04. The Morgan fingerprint density at radius 2 is 2.36 bits per heavy atom. The lowest BCUT2D eigenvalue weighted by Crippen LogP contribution is -2.14. The summed E-state index contributed by atoms with van der Waals surface area (Å²) < 4.78 is 7.13. The zero-order chi connectivity index (χ0) is 15.5. The van der Waals surface area contributed by atoms with Crippen LogP contribution in [0, 0.1) is 6.92 Å². The minimum Gasteiger partial charge on any atom is -0.469 e. The molecule has 0 saturated heterocycles. The molecule has 7 nitrogen and oxygen atoms in total. The van der Waals surface area contributed by atoms with E-state index >= 15 is 0 Å². The van der Waals surface area contributed by atoms with Gasteiger partial charge in [-0.1, -0.05) is 11.8 Å². The molecule has 1 amide bonds. The van der Waals surface area contributed by atoms with Crippen LogP contribution in [0.1, 0.15) is 5.76 Å². The number of furan rings is 1. The number of rotatable bonds is 5. The Hall–Kier alpha value is -2.13. The van der Waals surface area contributed by atoms with Crippen molar-refractivity contribution in [2.24, 2.45) is 7.05 Å². The number of thioether (sulfide) groups is 1. The smallest absolute Gasteiger partial charge is 0.236 e. The van der Waals surface area contributed by atoms with E-state index < -0.39 is 0 Å². The summed E-state index contributed by atoms with van der Waals surface area (Å²) in [6, 6.07) is 1.85. The lowest BCUT2D eigenvalue weighted by molar-refractivity contribution is -0.113. The third-order valence-corrected chi connectivity index (χ3v) is 4.65. The predicted octanol–water partition coefficient (Wildman–Crippen LogP) is 2.57. The predicted molar refractivity (Wildman–Crippen MR) is 84.9 cm³/mol. The molecule has 9 heteroatoms. The topological polar surface area (TPSA) is 85.8 Å². The van der Waals surface area contributed by atoms with E-state index in [9.17, 15) is 4.79 Å². The molecule has 0 aromatic carbocycles. The van der Waals surface area contributed by atoms with Crippen molar-refractivity contribution in [2.75, 3.05) is 11.1 Å². The number of amides is 1. The van der Waals surface area contributed by atoms with Gasteiger partial charge in [0.15, 0.2) is 16.1 Å². The molecule has 22 heavy (non-hydrogen) atoms. The zero-order valence-electron chi connectivity index (χ0n) is 11.9. The average molecular weight is 335 g/mol. The molecule has 1 N–H and O–H groups in total. The Morgan fingerprint density at radius 1 is 1.50 bits per heavy atom. The van der Waals surface area contributed by atoms with Crippen LogP contribution in [0.25, 0.3) is 11.4 Å². The normalized spacial score (nSPS) is 10.8. The Bertz CT molecular complexity index is 778.